The lowest BCUT2D eigenvalue weighted by molar-refractivity contribution is -0.148. The number of ether oxygens (including phenoxy) is 3. The predicted octanol–water partition coefficient (Wildman–Crippen LogP) is 2.66. The Hall–Kier alpha value is -3.04. The number of nitriles is 1. The zero-order chi connectivity index (χ0) is 18.1. The monoisotopic (exact) mass is 341 g/mol. The summed E-state index contributed by atoms with van der Waals surface area (Å²) in [6.45, 7) is 0.639. The molecule has 0 fully saturated rings. The van der Waals surface area contributed by atoms with Crippen LogP contribution in [0, 0.1) is 11.3 Å². The summed E-state index contributed by atoms with van der Waals surface area (Å²) in [6, 6.07) is 16.2. The molecule has 25 heavy (non-hydrogen) atoms. The van der Waals surface area contributed by atoms with Crippen LogP contribution in [0.1, 0.15) is 11.1 Å². The molecule has 2 rings (SSSR count). The van der Waals surface area contributed by atoms with Crippen LogP contribution in [-0.4, -0.2) is 37.5 Å². The van der Waals surface area contributed by atoms with E-state index < -0.39 is 12.1 Å². The minimum absolute atomic E-state index is 0.292. The van der Waals surface area contributed by atoms with E-state index in [4.69, 9.17) is 24.6 Å². The van der Waals surface area contributed by atoms with Crippen LogP contribution in [0.2, 0.25) is 0 Å². The molecule has 0 saturated heterocycles. The highest BCUT2D eigenvalue weighted by molar-refractivity contribution is 5.72. The Morgan fingerprint density at radius 1 is 1.12 bits per heavy atom. The van der Waals surface area contributed by atoms with Gasteiger partial charge in [-0.15, -0.1) is 0 Å². The first-order chi connectivity index (χ1) is 12.1. The van der Waals surface area contributed by atoms with Crippen LogP contribution < -0.4 is 9.47 Å². The first-order valence-electron chi connectivity index (χ1n) is 7.73. The molecule has 1 N–H and O–H groups in total. The highest BCUT2D eigenvalue weighted by atomic mass is 16.5. The lowest BCUT2D eigenvalue weighted by Crippen LogP contribution is -2.24. The van der Waals surface area contributed by atoms with Gasteiger partial charge in [0.15, 0.2) is 6.10 Å². The van der Waals surface area contributed by atoms with Gasteiger partial charge in [0.25, 0.3) is 0 Å². The molecule has 0 aliphatic heterocycles. The molecule has 6 heteroatoms. The maximum Gasteiger partial charge on any atom is 0.333 e. The third-order valence-corrected chi connectivity index (χ3v) is 3.52. The van der Waals surface area contributed by atoms with Gasteiger partial charge in [-0.3, -0.25) is 0 Å². The first kappa shape index (κ1) is 18.3. The van der Waals surface area contributed by atoms with E-state index in [0.29, 0.717) is 36.7 Å². The molecule has 0 radical (unpaired) electrons. The van der Waals surface area contributed by atoms with E-state index in [1.165, 1.54) is 7.11 Å². The lowest BCUT2D eigenvalue weighted by Gasteiger charge is -2.12. The molecule has 0 saturated carbocycles. The zero-order valence-corrected chi connectivity index (χ0v) is 13.8. The van der Waals surface area contributed by atoms with Crippen molar-refractivity contribution >= 4 is 5.97 Å². The summed E-state index contributed by atoms with van der Waals surface area (Å²) in [4.78, 5) is 11.0. The molecule has 0 aliphatic rings. The number of rotatable bonds is 9. The van der Waals surface area contributed by atoms with Gasteiger partial charge in [0.05, 0.1) is 5.56 Å². The number of carboxylic acid groups (broad SMARTS) is 1. The van der Waals surface area contributed by atoms with Crippen molar-refractivity contribution in [3.05, 3.63) is 59.7 Å². The number of benzene rings is 2. The Bertz CT molecular complexity index is 736. The van der Waals surface area contributed by atoms with E-state index in [0.717, 1.165) is 5.56 Å². The van der Waals surface area contributed by atoms with Crippen LogP contribution in [-0.2, 0) is 16.0 Å². The summed E-state index contributed by atoms with van der Waals surface area (Å²) in [5.74, 6) is 0.200. The van der Waals surface area contributed by atoms with Crippen molar-refractivity contribution in [1.82, 2.24) is 0 Å². The molecule has 2 aromatic rings. The van der Waals surface area contributed by atoms with Crippen molar-refractivity contribution < 1.29 is 24.1 Å². The topological polar surface area (TPSA) is 88.8 Å². The third-order valence-electron chi connectivity index (χ3n) is 3.52. The molecule has 0 aliphatic carbocycles. The van der Waals surface area contributed by atoms with Crippen LogP contribution in [0.4, 0.5) is 0 Å². The van der Waals surface area contributed by atoms with Gasteiger partial charge in [-0.25, -0.2) is 4.79 Å². The van der Waals surface area contributed by atoms with Gasteiger partial charge in [0.2, 0.25) is 0 Å². The number of hydrogen-bond acceptors (Lipinski definition) is 5. The lowest BCUT2D eigenvalue weighted by atomic mass is 10.1. The molecule has 0 aromatic heterocycles. The van der Waals surface area contributed by atoms with Gasteiger partial charge < -0.3 is 19.3 Å². The Morgan fingerprint density at radius 3 is 2.44 bits per heavy atom. The van der Waals surface area contributed by atoms with Crippen molar-refractivity contribution in [2.45, 2.75) is 12.5 Å². The first-order valence-corrected chi connectivity index (χ1v) is 7.73. The third kappa shape index (κ3) is 5.52. The van der Waals surface area contributed by atoms with Crippen LogP contribution in [0.3, 0.4) is 0 Å². The van der Waals surface area contributed by atoms with Crippen LogP contribution in [0.5, 0.6) is 11.5 Å². The van der Waals surface area contributed by atoms with Gasteiger partial charge in [-0.1, -0.05) is 24.3 Å². The number of carboxylic acids is 1. The minimum atomic E-state index is -0.988. The van der Waals surface area contributed by atoms with Gasteiger partial charge >= 0.3 is 5.97 Å². The van der Waals surface area contributed by atoms with E-state index in [2.05, 4.69) is 6.07 Å². The number of nitrogens with zero attached hydrogens (tertiary/aromatic N) is 1. The van der Waals surface area contributed by atoms with Crippen molar-refractivity contribution in [3.8, 4) is 17.6 Å². The average Bonchev–Trinajstić information content (AvgIpc) is 2.64. The van der Waals surface area contributed by atoms with Crippen molar-refractivity contribution in [3.63, 3.8) is 0 Å². The Labute approximate surface area is 146 Å². The highest BCUT2D eigenvalue weighted by Gasteiger charge is 2.16. The smallest absolute Gasteiger partial charge is 0.333 e. The van der Waals surface area contributed by atoms with Gasteiger partial charge in [-0.2, -0.15) is 5.26 Å². The molecule has 0 heterocycles. The molecule has 0 unspecified atom stereocenters. The molecule has 0 bridgehead atoms. The number of aliphatic carboxylic acids is 1. The van der Waals surface area contributed by atoms with Crippen molar-refractivity contribution in [2.75, 3.05) is 20.3 Å². The Morgan fingerprint density at radius 2 is 1.80 bits per heavy atom. The SMILES string of the molecule is CO[C@@H](Cc1ccc(OCCOc2ccccc2C#N)cc1)C(=O)O. The molecule has 0 amide bonds. The number of para-hydroxylation sites is 1. The van der Waals surface area contributed by atoms with Gasteiger partial charge in [-0.05, 0) is 29.8 Å². The highest BCUT2D eigenvalue weighted by Crippen LogP contribution is 2.17. The van der Waals surface area contributed by atoms with Gasteiger partial charge in [0.1, 0.15) is 30.8 Å². The fourth-order valence-electron chi connectivity index (χ4n) is 2.20. The zero-order valence-electron chi connectivity index (χ0n) is 13.8. The fraction of sp³-hybridized carbons (Fsp3) is 0.263. The number of methoxy groups -OCH3 is 1. The maximum absolute atomic E-state index is 11.0. The summed E-state index contributed by atoms with van der Waals surface area (Å²) >= 11 is 0. The second-order valence-corrected chi connectivity index (χ2v) is 5.22. The standard InChI is InChI=1S/C19H19NO5/c1-23-18(19(21)22)12-14-6-8-16(9-7-14)24-10-11-25-17-5-3-2-4-15(17)13-20/h2-9,18H,10-12H2,1H3,(H,21,22)/t18-/m0/s1. The summed E-state index contributed by atoms with van der Waals surface area (Å²) in [5.41, 5.74) is 1.33. The molecular weight excluding hydrogens is 322 g/mol. The van der Waals surface area contributed by atoms with Crippen LogP contribution >= 0.6 is 0 Å². The second kappa shape index (κ2) is 9.30. The Balaban J connectivity index is 1.80. The summed E-state index contributed by atoms with van der Waals surface area (Å²) < 4.78 is 16.0. The fourth-order valence-corrected chi connectivity index (χ4v) is 2.20. The molecule has 1 atom stereocenters. The van der Waals surface area contributed by atoms with Crippen molar-refractivity contribution in [2.24, 2.45) is 0 Å². The van der Waals surface area contributed by atoms with Crippen molar-refractivity contribution in [1.29, 1.82) is 5.26 Å². The van der Waals surface area contributed by atoms with E-state index in [9.17, 15) is 4.79 Å². The van der Waals surface area contributed by atoms with E-state index >= 15 is 0 Å². The normalized spacial score (nSPS) is 11.4. The van der Waals surface area contributed by atoms with Crippen LogP contribution in [0.15, 0.2) is 48.5 Å². The quantitative estimate of drug-likeness (QED) is 0.705. The molecule has 0 spiro atoms. The predicted molar refractivity (Wildman–Crippen MR) is 90.7 cm³/mol. The molecule has 2 aromatic carbocycles. The van der Waals surface area contributed by atoms with E-state index in [-0.39, 0.29) is 0 Å². The van der Waals surface area contributed by atoms with Gasteiger partial charge in [0, 0.05) is 13.5 Å². The molecular formula is C19H19NO5. The van der Waals surface area contributed by atoms with Crippen LogP contribution in [0.25, 0.3) is 0 Å². The largest absolute Gasteiger partial charge is 0.490 e. The maximum atomic E-state index is 11.0. The number of carbonyl (C=O) groups is 1. The minimum Gasteiger partial charge on any atom is -0.490 e. The summed E-state index contributed by atoms with van der Waals surface area (Å²) in [7, 11) is 1.38. The summed E-state index contributed by atoms with van der Waals surface area (Å²) in [6.07, 6.45) is -0.569. The average molecular weight is 341 g/mol. The van der Waals surface area contributed by atoms with E-state index in [1.54, 1.807) is 48.5 Å². The Kier molecular flexibility index (Phi) is 6.81. The molecule has 6 nitrogen and oxygen atoms in total. The van der Waals surface area contributed by atoms with E-state index in [1.807, 2.05) is 0 Å². The molecule has 130 valence electrons. The number of hydrogen-bond donors (Lipinski definition) is 1. The summed E-state index contributed by atoms with van der Waals surface area (Å²) in [5, 5.41) is 18.0. The second-order valence-electron chi connectivity index (χ2n) is 5.22.